The summed E-state index contributed by atoms with van der Waals surface area (Å²) in [4.78, 5) is 25.7. The van der Waals surface area contributed by atoms with Crippen LogP contribution in [0, 0.1) is 0 Å². The molecule has 5 rings (SSSR count). The Hall–Kier alpha value is -2.08. The number of anilines is 1. The van der Waals surface area contributed by atoms with Crippen molar-refractivity contribution in [2.24, 2.45) is 0 Å². The maximum atomic E-state index is 12.5. The second kappa shape index (κ2) is 7.74. The van der Waals surface area contributed by atoms with Crippen molar-refractivity contribution < 1.29 is 4.79 Å². The van der Waals surface area contributed by atoms with E-state index in [1.807, 2.05) is 6.07 Å². The third-order valence-corrected chi connectivity index (χ3v) is 6.88. The van der Waals surface area contributed by atoms with Crippen molar-refractivity contribution in [3.63, 3.8) is 0 Å². The van der Waals surface area contributed by atoms with Crippen LogP contribution >= 0.6 is 0 Å². The van der Waals surface area contributed by atoms with Crippen LogP contribution in [0.5, 0.6) is 0 Å². The summed E-state index contributed by atoms with van der Waals surface area (Å²) in [5, 5.41) is 4.16. The highest BCUT2D eigenvalue weighted by atomic mass is 16.1. The number of carbonyl (C=O) groups is 1. The number of pyridine rings is 1. The summed E-state index contributed by atoms with van der Waals surface area (Å²) in [6.45, 7) is 4.32. The van der Waals surface area contributed by atoms with Crippen LogP contribution in [-0.2, 0) is 0 Å². The van der Waals surface area contributed by atoms with Crippen LogP contribution in [0.3, 0.4) is 0 Å². The molecule has 2 N–H and O–H groups in total. The minimum Gasteiger partial charge on any atom is -0.354 e. The lowest BCUT2D eigenvalue weighted by atomic mass is 10.2. The van der Waals surface area contributed by atoms with Gasteiger partial charge in [0.25, 0.3) is 5.91 Å². The number of rotatable bonds is 4. The molecule has 6 nitrogen and oxygen atoms in total. The van der Waals surface area contributed by atoms with Crippen molar-refractivity contribution in [1.29, 1.82) is 0 Å². The Morgan fingerprint density at radius 3 is 2.46 bits per heavy atom. The Kier molecular flexibility index (Phi) is 4.97. The molecule has 2 aromatic rings. The number of piperazine rings is 1. The first kappa shape index (κ1) is 18.0. The standard InChI is InChI=1S/C22H31N5O/c28-22(23-17-5-1-2-6-17)19-15-16-9-10-20(25-21(16)24-19)27-13-11-26(12-14-27)18-7-3-4-8-18/h9-10,15,17-18H,1-8,11-14H2,(H,23,28)(H,24,25). The molecule has 3 aliphatic rings. The van der Waals surface area contributed by atoms with Gasteiger partial charge in [-0.1, -0.05) is 25.7 Å². The maximum absolute atomic E-state index is 12.5. The van der Waals surface area contributed by atoms with E-state index in [9.17, 15) is 4.79 Å². The molecule has 1 saturated heterocycles. The Balaban J connectivity index is 1.25. The fourth-order valence-electron chi connectivity index (χ4n) is 5.21. The highest BCUT2D eigenvalue weighted by Crippen LogP contribution is 2.26. The predicted octanol–water partition coefficient (Wildman–Crippen LogP) is 3.30. The largest absolute Gasteiger partial charge is 0.354 e. The molecular formula is C22H31N5O. The number of aromatic amines is 1. The first-order valence-electron chi connectivity index (χ1n) is 11.1. The van der Waals surface area contributed by atoms with Crippen LogP contribution in [0.1, 0.15) is 61.9 Å². The van der Waals surface area contributed by atoms with Crippen LogP contribution in [0.4, 0.5) is 5.82 Å². The Labute approximate surface area is 166 Å². The summed E-state index contributed by atoms with van der Waals surface area (Å²) < 4.78 is 0. The Morgan fingerprint density at radius 2 is 1.71 bits per heavy atom. The number of aromatic nitrogens is 2. The summed E-state index contributed by atoms with van der Waals surface area (Å²) in [7, 11) is 0. The number of H-pyrrole nitrogens is 1. The maximum Gasteiger partial charge on any atom is 0.267 e. The average Bonchev–Trinajstić information content (AvgIpc) is 3.48. The molecule has 0 spiro atoms. The molecule has 2 saturated carbocycles. The van der Waals surface area contributed by atoms with Crippen LogP contribution in [0.2, 0.25) is 0 Å². The lowest BCUT2D eigenvalue weighted by Crippen LogP contribution is -2.49. The fraction of sp³-hybridized carbons (Fsp3) is 0.636. The molecule has 2 aliphatic carbocycles. The van der Waals surface area contributed by atoms with Gasteiger partial charge in [-0.2, -0.15) is 0 Å². The van der Waals surface area contributed by atoms with E-state index in [-0.39, 0.29) is 5.91 Å². The van der Waals surface area contributed by atoms with E-state index in [0.29, 0.717) is 11.7 Å². The molecule has 0 aromatic carbocycles. The molecule has 0 bridgehead atoms. The number of hydrogen-bond donors (Lipinski definition) is 2. The van der Waals surface area contributed by atoms with Gasteiger partial charge < -0.3 is 15.2 Å². The molecule has 1 aliphatic heterocycles. The van der Waals surface area contributed by atoms with E-state index in [4.69, 9.17) is 4.98 Å². The summed E-state index contributed by atoms with van der Waals surface area (Å²) in [6, 6.07) is 7.25. The van der Waals surface area contributed by atoms with Gasteiger partial charge in [-0.05, 0) is 43.9 Å². The Bertz CT molecular complexity index is 827. The lowest BCUT2D eigenvalue weighted by Gasteiger charge is -2.38. The van der Waals surface area contributed by atoms with Crippen LogP contribution < -0.4 is 10.2 Å². The minimum absolute atomic E-state index is 0.00312. The van der Waals surface area contributed by atoms with E-state index < -0.39 is 0 Å². The van der Waals surface area contributed by atoms with Gasteiger partial charge in [0.1, 0.15) is 17.2 Å². The summed E-state index contributed by atoms with van der Waals surface area (Å²) in [5.74, 6) is 1.01. The van der Waals surface area contributed by atoms with Crippen LogP contribution in [0.25, 0.3) is 11.0 Å². The Morgan fingerprint density at radius 1 is 1.00 bits per heavy atom. The molecular weight excluding hydrogens is 350 g/mol. The molecule has 2 aromatic heterocycles. The highest BCUT2D eigenvalue weighted by molar-refractivity contribution is 5.97. The zero-order chi connectivity index (χ0) is 18.9. The molecule has 0 radical (unpaired) electrons. The van der Waals surface area contributed by atoms with Crippen LogP contribution in [-0.4, -0.2) is 59.0 Å². The molecule has 1 amide bonds. The normalized spacial score (nSPS) is 22.4. The van der Waals surface area contributed by atoms with Gasteiger partial charge in [-0.25, -0.2) is 4.98 Å². The average molecular weight is 382 g/mol. The number of hydrogen-bond acceptors (Lipinski definition) is 4. The molecule has 150 valence electrons. The summed E-state index contributed by atoms with van der Waals surface area (Å²) >= 11 is 0. The van der Waals surface area contributed by atoms with E-state index in [1.54, 1.807) is 0 Å². The van der Waals surface area contributed by atoms with Gasteiger partial charge in [0, 0.05) is 43.6 Å². The quantitative estimate of drug-likeness (QED) is 0.853. The summed E-state index contributed by atoms with van der Waals surface area (Å²) in [6.07, 6.45) is 10.2. The number of fused-ring (bicyclic) bond motifs is 1. The molecule has 0 unspecified atom stereocenters. The van der Waals surface area contributed by atoms with Crippen molar-refractivity contribution in [1.82, 2.24) is 20.2 Å². The monoisotopic (exact) mass is 381 g/mol. The topological polar surface area (TPSA) is 64.3 Å². The van der Waals surface area contributed by atoms with E-state index in [0.717, 1.165) is 61.9 Å². The first-order valence-corrected chi connectivity index (χ1v) is 11.1. The second-order valence-corrected chi connectivity index (χ2v) is 8.71. The molecule has 6 heteroatoms. The molecule has 28 heavy (non-hydrogen) atoms. The molecule has 3 fully saturated rings. The lowest BCUT2D eigenvalue weighted by molar-refractivity contribution is 0.0933. The predicted molar refractivity (Wildman–Crippen MR) is 112 cm³/mol. The van der Waals surface area contributed by atoms with Gasteiger partial charge in [0.05, 0.1) is 0 Å². The van der Waals surface area contributed by atoms with E-state index in [1.165, 1.54) is 38.5 Å². The third kappa shape index (κ3) is 3.62. The third-order valence-electron chi connectivity index (χ3n) is 6.88. The van der Waals surface area contributed by atoms with Crippen molar-refractivity contribution in [2.45, 2.75) is 63.5 Å². The zero-order valence-electron chi connectivity index (χ0n) is 16.6. The number of nitrogens with zero attached hydrogens (tertiary/aromatic N) is 3. The van der Waals surface area contributed by atoms with Crippen LogP contribution in [0.15, 0.2) is 18.2 Å². The smallest absolute Gasteiger partial charge is 0.267 e. The molecule has 3 heterocycles. The highest BCUT2D eigenvalue weighted by Gasteiger charge is 2.26. The van der Waals surface area contributed by atoms with E-state index >= 15 is 0 Å². The van der Waals surface area contributed by atoms with Crippen molar-refractivity contribution in [3.05, 3.63) is 23.9 Å². The molecule has 0 atom stereocenters. The van der Waals surface area contributed by atoms with Gasteiger partial charge in [-0.3, -0.25) is 9.69 Å². The first-order chi connectivity index (χ1) is 13.8. The second-order valence-electron chi connectivity index (χ2n) is 8.71. The zero-order valence-corrected chi connectivity index (χ0v) is 16.6. The van der Waals surface area contributed by atoms with E-state index in [2.05, 4.69) is 32.2 Å². The minimum atomic E-state index is -0.00312. The number of carbonyl (C=O) groups excluding carboxylic acids is 1. The van der Waals surface area contributed by atoms with Gasteiger partial charge in [-0.15, -0.1) is 0 Å². The number of amides is 1. The van der Waals surface area contributed by atoms with Crippen molar-refractivity contribution >= 4 is 22.8 Å². The van der Waals surface area contributed by atoms with Crippen molar-refractivity contribution in [2.75, 3.05) is 31.1 Å². The van der Waals surface area contributed by atoms with Gasteiger partial charge >= 0.3 is 0 Å². The summed E-state index contributed by atoms with van der Waals surface area (Å²) in [5.41, 5.74) is 1.44. The van der Waals surface area contributed by atoms with Gasteiger partial charge in [0.15, 0.2) is 0 Å². The van der Waals surface area contributed by atoms with Crippen molar-refractivity contribution in [3.8, 4) is 0 Å². The fourth-order valence-corrected chi connectivity index (χ4v) is 5.21. The number of nitrogens with one attached hydrogen (secondary N) is 2. The SMILES string of the molecule is O=C(NC1CCCC1)c1cc2ccc(N3CCN(C4CCCC4)CC3)nc2[nH]1. The van der Waals surface area contributed by atoms with Gasteiger partial charge in [0.2, 0.25) is 0 Å².